The van der Waals surface area contributed by atoms with E-state index in [1.165, 1.54) is 17.0 Å². The first kappa shape index (κ1) is 45.5. The van der Waals surface area contributed by atoms with E-state index in [4.69, 9.17) is 4.99 Å². The SMILES string of the molecule is Cc1nc2c(N=Nc3ccc(C4=N/C(=C/c5ccc([N+](=O)[O-])cc5)C(=O)N4c4ccccc4)cc3)c(O)nn2c(O)c1N=Nc1ccc(C2=N/C(=C/c3ccc(N(C)C)cc3)C(=O)N2c2ccccc2)cc1. The van der Waals surface area contributed by atoms with Crippen molar-refractivity contribution in [2.75, 3.05) is 28.8 Å². The molecule has 2 N–H and O–H groups in total. The number of amidine groups is 2. The van der Waals surface area contributed by atoms with Gasteiger partial charge >= 0.3 is 0 Å². The highest BCUT2D eigenvalue weighted by atomic mass is 16.6. The largest absolute Gasteiger partial charge is 0.492 e. The number of para-hydroxylation sites is 2. The third-order valence-electron chi connectivity index (χ3n) is 11.5. The van der Waals surface area contributed by atoms with Crippen LogP contribution in [-0.2, 0) is 9.59 Å². The number of amides is 2. The van der Waals surface area contributed by atoms with Crippen molar-refractivity contribution in [2.24, 2.45) is 30.4 Å². The molecule has 19 nitrogen and oxygen atoms in total. The maximum Gasteiger partial charge on any atom is 0.282 e. The van der Waals surface area contributed by atoms with Crippen LogP contribution in [0.4, 0.5) is 45.5 Å². The Bertz CT molecular complexity index is 3630. The summed E-state index contributed by atoms with van der Waals surface area (Å²) in [5.74, 6) is -0.874. The number of nitro benzene ring substituents is 1. The fourth-order valence-electron chi connectivity index (χ4n) is 7.82. The summed E-state index contributed by atoms with van der Waals surface area (Å²) in [7, 11) is 3.92. The number of rotatable bonds is 12. The zero-order valence-electron chi connectivity index (χ0n) is 38.5. The Morgan fingerprint density at radius 3 is 1.51 bits per heavy atom. The predicted molar refractivity (Wildman–Crippen MR) is 273 cm³/mol. The number of aliphatic imine (C=N–C) groups is 2. The van der Waals surface area contributed by atoms with Crippen LogP contribution in [0.5, 0.6) is 11.8 Å². The summed E-state index contributed by atoms with van der Waals surface area (Å²) in [6, 6.07) is 45.6. The quantitative estimate of drug-likeness (QED) is 0.0512. The van der Waals surface area contributed by atoms with Crippen LogP contribution in [0.15, 0.2) is 200 Å². The summed E-state index contributed by atoms with van der Waals surface area (Å²) in [5, 5.41) is 54.6. The predicted octanol–water partition coefficient (Wildman–Crippen LogP) is 10.9. The second-order valence-electron chi connectivity index (χ2n) is 16.5. The van der Waals surface area contributed by atoms with E-state index in [2.05, 4.69) is 35.5 Å². The molecule has 0 atom stereocenters. The Kier molecular flexibility index (Phi) is 12.0. The fraction of sp³-hybridized carbons (Fsp3) is 0.0566. The molecule has 10 rings (SSSR count). The molecule has 19 heteroatoms. The monoisotopic (exact) mass is 953 g/mol. The topological polar surface area (TPSA) is 232 Å². The normalized spacial score (nSPS) is 14.9. The number of anilines is 3. The highest BCUT2D eigenvalue weighted by Gasteiger charge is 2.34. The molecule has 72 heavy (non-hydrogen) atoms. The van der Waals surface area contributed by atoms with Crippen molar-refractivity contribution in [1.29, 1.82) is 0 Å². The third-order valence-corrected chi connectivity index (χ3v) is 11.5. The summed E-state index contributed by atoms with van der Waals surface area (Å²) in [5.41, 5.74) is 6.19. The molecular weight excluding hydrogens is 915 g/mol. The molecule has 352 valence electrons. The van der Waals surface area contributed by atoms with Crippen molar-refractivity contribution in [2.45, 2.75) is 6.92 Å². The molecule has 0 aliphatic carbocycles. The summed E-state index contributed by atoms with van der Waals surface area (Å²) < 4.78 is 0.988. The Balaban J connectivity index is 0.878. The molecule has 0 bridgehead atoms. The number of aromatic hydroxyl groups is 2. The Hall–Kier alpha value is -10.3. The average Bonchev–Trinajstić information content (AvgIpc) is 4.02. The number of carbonyl (C=O) groups excluding carboxylic acids is 2. The first-order chi connectivity index (χ1) is 34.9. The number of aryl methyl sites for hydroxylation is 1. The van der Waals surface area contributed by atoms with Gasteiger partial charge in [-0.15, -0.1) is 15.3 Å². The Morgan fingerprint density at radius 2 is 1.06 bits per heavy atom. The number of carbonyl (C=O) groups is 2. The molecule has 0 saturated carbocycles. The van der Waals surface area contributed by atoms with Gasteiger partial charge in [0, 0.05) is 43.0 Å². The van der Waals surface area contributed by atoms with Gasteiger partial charge in [0.15, 0.2) is 17.0 Å². The van der Waals surface area contributed by atoms with Crippen molar-refractivity contribution in [1.82, 2.24) is 14.6 Å². The summed E-state index contributed by atoms with van der Waals surface area (Å²) >= 11 is 0. The molecule has 6 aromatic carbocycles. The van der Waals surface area contributed by atoms with Gasteiger partial charge in [-0.1, -0.05) is 48.5 Å². The molecule has 2 aliphatic heterocycles. The number of hydrogen-bond acceptors (Lipinski definition) is 15. The standard InChI is InChI=1S/C53H39N13O6/c1-32-45(59-57-37-22-18-35(19-23-37)47-55-43(30-33-14-26-39(27-15-33)62(2)3)51(68)63(47)40-10-6-4-7-11-40)53(70)65-49(54-32)46(50(67)61-65)60-58-38-24-20-36(21-25-38)48-56-44(31-34-16-28-42(29-17-34)66(71)72)52(69)64(48)41-12-8-5-9-13-41/h4-31,70H,1-3H3,(H,61,67)/b43-30+,44-31+,59-57?,60-58?. The van der Waals surface area contributed by atoms with E-state index < -0.39 is 16.7 Å². The maximum atomic E-state index is 13.9. The number of azo groups is 2. The average molecular weight is 954 g/mol. The van der Waals surface area contributed by atoms with Crippen molar-refractivity contribution < 1.29 is 24.7 Å². The van der Waals surface area contributed by atoms with Crippen molar-refractivity contribution in [3.63, 3.8) is 0 Å². The number of hydrogen-bond donors (Lipinski definition) is 2. The molecule has 8 aromatic rings. The van der Waals surface area contributed by atoms with Gasteiger partial charge in [-0.3, -0.25) is 29.5 Å². The first-order valence-corrected chi connectivity index (χ1v) is 22.2. The van der Waals surface area contributed by atoms with Gasteiger partial charge in [-0.05, 0) is 127 Å². The number of fused-ring (bicyclic) bond motifs is 1. The summed E-state index contributed by atoms with van der Waals surface area (Å²) in [6.45, 7) is 1.61. The van der Waals surface area contributed by atoms with E-state index in [1.54, 1.807) is 109 Å². The van der Waals surface area contributed by atoms with E-state index in [-0.39, 0.29) is 51.6 Å². The number of nitro groups is 1. The van der Waals surface area contributed by atoms with Crippen molar-refractivity contribution in [3.8, 4) is 11.8 Å². The minimum Gasteiger partial charge on any atom is -0.492 e. The maximum absolute atomic E-state index is 13.9. The number of nitrogens with zero attached hydrogens (tertiary/aromatic N) is 13. The van der Waals surface area contributed by atoms with E-state index in [0.717, 1.165) is 15.8 Å². The molecule has 2 aliphatic rings. The van der Waals surface area contributed by atoms with Crippen LogP contribution in [-0.4, -0.2) is 67.3 Å². The minimum atomic E-state index is -0.551. The molecular formula is C53H39N13O6. The van der Waals surface area contributed by atoms with Crippen LogP contribution in [0.2, 0.25) is 0 Å². The highest BCUT2D eigenvalue weighted by Crippen LogP contribution is 2.39. The molecule has 0 radical (unpaired) electrons. The molecule has 4 heterocycles. The molecule has 0 unspecified atom stereocenters. The van der Waals surface area contributed by atoms with Crippen LogP contribution in [0.25, 0.3) is 17.8 Å². The third kappa shape index (κ3) is 8.94. The van der Waals surface area contributed by atoms with Gasteiger partial charge in [0.1, 0.15) is 23.1 Å². The van der Waals surface area contributed by atoms with Gasteiger partial charge in [-0.2, -0.15) is 14.7 Å². The summed E-state index contributed by atoms with van der Waals surface area (Å²) in [6.07, 6.45) is 3.33. The number of non-ortho nitro benzene ring substituents is 1. The van der Waals surface area contributed by atoms with Crippen LogP contribution < -0.4 is 14.7 Å². The Morgan fingerprint density at radius 1 is 0.597 bits per heavy atom. The van der Waals surface area contributed by atoms with Crippen LogP contribution in [0.3, 0.4) is 0 Å². The second-order valence-corrected chi connectivity index (χ2v) is 16.5. The van der Waals surface area contributed by atoms with E-state index in [9.17, 15) is 29.9 Å². The summed E-state index contributed by atoms with van der Waals surface area (Å²) in [4.78, 5) is 57.3. The van der Waals surface area contributed by atoms with E-state index in [0.29, 0.717) is 51.1 Å². The number of benzene rings is 6. The lowest BCUT2D eigenvalue weighted by atomic mass is 10.1. The fourth-order valence-corrected chi connectivity index (χ4v) is 7.82. The molecule has 0 saturated heterocycles. The van der Waals surface area contributed by atoms with Crippen LogP contribution in [0.1, 0.15) is 27.9 Å². The zero-order chi connectivity index (χ0) is 50.0. The van der Waals surface area contributed by atoms with Gasteiger partial charge in [0.2, 0.25) is 5.88 Å². The van der Waals surface area contributed by atoms with Gasteiger partial charge < -0.3 is 15.1 Å². The van der Waals surface area contributed by atoms with Gasteiger partial charge in [-0.25, -0.2) is 15.0 Å². The van der Waals surface area contributed by atoms with Gasteiger partial charge in [0.05, 0.1) is 33.4 Å². The van der Waals surface area contributed by atoms with Gasteiger partial charge in [0.25, 0.3) is 23.4 Å². The minimum absolute atomic E-state index is 0.00434. The smallest absolute Gasteiger partial charge is 0.282 e. The lowest BCUT2D eigenvalue weighted by Gasteiger charge is -2.18. The first-order valence-electron chi connectivity index (χ1n) is 22.2. The van der Waals surface area contributed by atoms with E-state index >= 15 is 0 Å². The van der Waals surface area contributed by atoms with Crippen LogP contribution >= 0.6 is 0 Å². The lowest BCUT2D eigenvalue weighted by Crippen LogP contribution is -2.32. The highest BCUT2D eigenvalue weighted by molar-refractivity contribution is 6.34. The molecule has 0 fully saturated rings. The molecule has 2 aromatic heterocycles. The second kappa shape index (κ2) is 19.0. The Labute approximate surface area is 409 Å². The van der Waals surface area contributed by atoms with Crippen molar-refractivity contribution in [3.05, 3.63) is 207 Å². The lowest BCUT2D eigenvalue weighted by molar-refractivity contribution is -0.384. The zero-order valence-corrected chi connectivity index (χ0v) is 38.5. The molecule has 2 amide bonds. The number of aromatic nitrogens is 3. The molecule has 0 spiro atoms. The van der Waals surface area contributed by atoms with Crippen molar-refractivity contribution >= 4 is 86.8 Å². The van der Waals surface area contributed by atoms with E-state index in [1.807, 2.05) is 79.7 Å². The van der Waals surface area contributed by atoms with Crippen LogP contribution in [0, 0.1) is 17.0 Å².